The highest BCUT2D eigenvalue weighted by Crippen LogP contribution is 2.68. The number of hydrogen-bond acceptors (Lipinski definition) is 8. The summed E-state index contributed by atoms with van der Waals surface area (Å²) in [6, 6.07) is 0. The van der Waals surface area contributed by atoms with E-state index in [-0.39, 0.29) is 41.8 Å². The van der Waals surface area contributed by atoms with Gasteiger partial charge >= 0.3 is 11.9 Å². The van der Waals surface area contributed by atoms with Gasteiger partial charge in [-0.2, -0.15) is 0 Å². The summed E-state index contributed by atoms with van der Waals surface area (Å²) in [6.45, 7) is 9.10. The van der Waals surface area contributed by atoms with Gasteiger partial charge in [0.1, 0.15) is 6.10 Å². The van der Waals surface area contributed by atoms with Crippen molar-refractivity contribution in [3.63, 3.8) is 0 Å². The van der Waals surface area contributed by atoms with Crippen molar-refractivity contribution in [1.29, 1.82) is 0 Å². The first-order valence-corrected chi connectivity index (χ1v) is 14.5. The van der Waals surface area contributed by atoms with Crippen molar-refractivity contribution in [2.45, 2.75) is 115 Å². The van der Waals surface area contributed by atoms with E-state index >= 15 is 0 Å². The van der Waals surface area contributed by atoms with E-state index in [1.165, 1.54) is 19.4 Å². The van der Waals surface area contributed by atoms with Gasteiger partial charge < -0.3 is 29.9 Å². The molecule has 0 bridgehead atoms. The lowest BCUT2D eigenvalue weighted by atomic mass is 9.46. The fourth-order valence-corrected chi connectivity index (χ4v) is 9.70. The van der Waals surface area contributed by atoms with E-state index in [1.54, 1.807) is 6.92 Å². The number of ether oxygens (including phenoxy) is 2. The molecule has 5 rings (SSSR count). The molecule has 0 aromatic heterocycles. The van der Waals surface area contributed by atoms with E-state index in [1.807, 2.05) is 0 Å². The third-order valence-electron chi connectivity index (χ3n) is 12.0. The number of esters is 2. The second kappa shape index (κ2) is 9.28. The third-order valence-corrected chi connectivity index (χ3v) is 12.0. The highest BCUT2D eigenvalue weighted by atomic mass is 16.6. The molecule has 1 saturated heterocycles. The lowest BCUT2D eigenvalue weighted by Crippen LogP contribution is -2.58. The molecule has 1 unspecified atom stereocenters. The summed E-state index contributed by atoms with van der Waals surface area (Å²) >= 11 is 0. The molecule has 4 N–H and O–H groups in total. The maximum Gasteiger partial charge on any atom is 0.338 e. The Morgan fingerprint density at radius 1 is 1.24 bits per heavy atom. The molecule has 1 heterocycles. The summed E-state index contributed by atoms with van der Waals surface area (Å²) < 4.78 is 10.9. The molecule has 0 radical (unpaired) electrons. The van der Waals surface area contributed by atoms with Crippen LogP contribution >= 0.6 is 0 Å². The number of carbonyl (C=O) groups excluding carboxylic acids is 2. The van der Waals surface area contributed by atoms with Crippen LogP contribution < -0.4 is 0 Å². The summed E-state index contributed by atoms with van der Waals surface area (Å²) in [6.07, 6.45) is 5.99. The predicted octanol–water partition coefficient (Wildman–Crippen LogP) is 2.89. The number of aliphatic hydroxyl groups excluding tert-OH is 2. The van der Waals surface area contributed by atoms with Crippen molar-refractivity contribution in [2.75, 3.05) is 6.61 Å². The number of fused-ring (bicyclic) bond motifs is 5. The predicted molar refractivity (Wildman–Crippen MR) is 138 cm³/mol. The molecule has 4 aliphatic carbocycles. The Morgan fingerprint density at radius 2 is 1.95 bits per heavy atom. The van der Waals surface area contributed by atoms with Crippen LogP contribution in [0.4, 0.5) is 0 Å². The van der Waals surface area contributed by atoms with Gasteiger partial charge in [-0.15, -0.1) is 0 Å². The van der Waals surface area contributed by atoms with Gasteiger partial charge in [0.15, 0.2) is 5.60 Å². The number of rotatable bonds is 5. The first-order chi connectivity index (χ1) is 17.6. The Kier molecular flexibility index (Phi) is 6.86. The highest BCUT2D eigenvalue weighted by molar-refractivity contribution is 5.81. The van der Waals surface area contributed by atoms with Crippen molar-refractivity contribution in [3.05, 3.63) is 11.6 Å². The lowest BCUT2D eigenvalue weighted by molar-refractivity contribution is -0.175. The summed E-state index contributed by atoms with van der Waals surface area (Å²) in [5.74, 6) is -0.650. The molecule has 0 aromatic carbocycles. The Morgan fingerprint density at radius 3 is 2.58 bits per heavy atom. The fourth-order valence-electron chi connectivity index (χ4n) is 9.70. The van der Waals surface area contributed by atoms with Crippen LogP contribution in [0, 0.1) is 40.4 Å². The lowest BCUT2D eigenvalue weighted by Gasteiger charge is -2.60. The summed E-state index contributed by atoms with van der Waals surface area (Å²) in [7, 11) is 0. The molecule has 0 spiro atoms. The normalized spacial score (nSPS) is 48.6. The highest BCUT2D eigenvalue weighted by Gasteiger charge is 2.64. The van der Waals surface area contributed by atoms with Gasteiger partial charge in [-0.3, -0.25) is 4.79 Å². The van der Waals surface area contributed by atoms with E-state index < -0.39 is 35.3 Å². The standard InChI is InChI=1S/C30H46O8/c1-16(31)38-25-14-19(32)12-17-6-7-20-21-8-9-23(27(21,2)11-10-22(20)28(17,25)3)30(5,36)24(33)13-18-15-37-26(34)29(18,4)35/h6,18-25,32-33,35-36H,7-15H2,1-5H3/t18-,19-,20+,21+,22+,23+,24+,25?,27+,28+,29+,30-/m1/s1. The molecule has 4 fully saturated rings. The van der Waals surface area contributed by atoms with Crippen molar-refractivity contribution in [2.24, 2.45) is 40.4 Å². The molecule has 214 valence electrons. The van der Waals surface area contributed by atoms with Crippen molar-refractivity contribution in [3.8, 4) is 0 Å². The Labute approximate surface area is 225 Å². The quantitative estimate of drug-likeness (QED) is 0.313. The average molecular weight is 535 g/mol. The Bertz CT molecular complexity index is 1000. The van der Waals surface area contributed by atoms with E-state index in [0.717, 1.165) is 32.1 Å². The van der Waals surface area contributed by atoms with E-state index in [9.17, 15) is 30.0 Å². The fraction of sp³-hybridized carbons (Fsp3) is 0.867. The van der Waals surface area contributed by atoms with Gasteiger partial charge in [-0.25, -0.2) is 4.79 Å². The smallest absolute Gasteiger partial charge is 0.338 e. The molecule has 3 saturated carbocycles. The first-order valence-electron chi connectivity index (χ1n) is 14.5. The summed E-state index contributed by atoms with van der Waals surface area (Å²) in [4.78, 5) is 23.9. The number of aliphatic hydroxyl groups is 4. The van der Waals surface area contributed by atoms with Crippen LogP contribution in [0.3, 0.4) is 0 Å². The molecule has 1 aliphatic heterocycles. The van der Waals surface area contributed by atoms with Crippen LogP contribution in [0.25, 0.3) is 0 Å². The minimum Gasteiger partial charge on any atom is -0.463 e. The topological polar surface area (TPSA) is 134 Å². The zero-order chi connectivity index (χ0) is 27.8. The largest absolute Gasteiger partial charge is 0.463 e. The zero-order valence-electron chi connectivity index (χ0n) is 23.5. The van der Waals surface area contributed by atoms with Crippen LogP contribution in [0.2, 0.25) is 0 Å². The van der Waals surface area contributed by atoms with E-state index in [0.29, 0.717) is 30.6 Å². The van der Waals surface area contributed by atoms with Crippen LogP contribution in [0.1, 0.15) is 86.0 Å². The van der Waals surface area contributed by atoms with Crippen LogP contribution in [-0.2, 0) is 19.1 Å². The van der Waals surface area contributed by atoms with Crippen LogP contribution in [-0.4, -0.2) is 68.5 Å². The minimum absolute atomic E-state index is 0.0404. The third kappa shape index (κ3) is 4.08. The Hall–Kier alpha value is -1.48. The Balaban J connectivity index is 1.38. The van der Waals surface area contributed by atoms with Crippen molar-refractivity contribution >= 4 is 11.9 Å². The van der Waals surface area contributed by atoms with E-state index in [4.69, 9.17) is 9.47 Å². The molecule has 0 amide bonds. The van der Waals surface area contributed by atoms with Gasteiger partial charge in [-0.1, -0.05) is 25.5 Å². The SMILES string of the molecule is CC(=O)OC1C[C@H](O)CC2=CC[C@H]3[C@@H]4CC[C@H]([C@@](C)(O)[C@@H](O)C[C@@H]5COC(=O)[C@@]5(C)O)[C@@]4(C)CC[C@@H]3[C@]21C. The van der Waals surface area contributed by atoms with Crippen molar-refractivity contribution in [1.82, 2.24) is 0 Å². The molecular weight excluding hydrogens is 488 g/mol. The second-order valence-electron chi connectivity index (χ2n) is 13.9. The number of allylic oxidation sites excluding steroid dienone is 1. The van der Waals surface area contributed by atoms with Gasteiger partial charge in [0.2, 0.25) is 0 Å². The molecule has 8 heteroatoms. The average Bonchev–Trinajstić information content (AvgIpc) is 3.31. The molecule has 38 heavy (non-hydrogen) atoms. The molecular formula is C30H46O8. The number of carbonyl (C=O) groups is 2. The van der Waals surface area contributed by atoms with Gasteiger partial charge in [0, 0.05) is 24.7 Å². The summed E-state index contributed by atoms with van der Waals surface area (Å²) in [5, 5.41) is 44.2. The monoisotopic (exact) mass is 534 g/mol. The number of hydrogen-bond donors (Lipinski definition) is 4. The molecule has 8 nitrogen and oxygen atoms in total. The molecule has 5 aliphatic rings. The molecule has 12 atom stereocenters. The van der Waals surface area contributed by atoms with Crippen LogP contribution in [0.5, 0.6) is 0 Å². The first kappa shape index (κ1) is 28.1. The second-order valence-corrected chi connectivity index (χ2v) is 13.9. The summed E-state index contributed by atoms with van der Waals surface area (Å²) in [5.41, 5.74) is -2.32. The maximum atomic E-state index is 12.0. The van der Waals surface area contributed by atoms with Crippen molar-refractivity contribution < 1.29 is 39.5 Å². The zero-order valence-corrected chi connectivity index (χ0v) is 23.5. The maximum absolute atomic E-state index is 12.0. The molecule has 0 aromatic rings. The van der Waals surface area contributed by atoms with Gasteiger partial charge in [0.25, 0.3) is 0 Å². The van der Waals surface area contributed by atoms with Crippen LogP contribution in [0.15, 0.2) is 11.6 Å². The number of cyclic esters (lactones) is 1. The van der Waals surface area contributed by atoms with Gasteiger partial charge in [-0.05, 0) is 87.9 Å². The van der Waals surface area contributed by atoms with E-state index in [2.05, 4.69) is 19.9 Å². The minimum atomic E-state index is -1.66. The van der Waals surface area contributed by atoms with Gasteiger partial charge in [0.05, 0.1) is 24.4 Å².